The van der Waals surface area contributed by atoms with Gasteiger partial charge in [-0.15, -0.1) is 0 Å². The SMILES string of the molecule is CC1C(N)=C(N)C=CC1(C)c1ccccc1. The molecule has 16 heavy (non-hydrogen) atoms. The van der Waals surface area contributed by atoms with E-state index in [1.807, 2.05) is 12.1 Å². The minimum atomic E-state index is -0.0613. The van der Waals surface area contributed by atoms with Crippen LogP contribution in [-0.4, -0.2) is 0 Å². The van der Waals surface area contributed by atoms with Crippen LogP contribution in [-0.2, 0) is 5.41 Å². The maximum absolute atomic E-state index is 6.04. The Bertz CT molecular complexity index is 445. The molecule has 1 aliphatic carbocycles. The van der Waals surface area contributed by atoms with Gasteiger partial charge >= 0.3 is 0 Å². The Morgan fingerprint density at radius 2 is 1.75 bits per heavy atom. The van der Waals surface area contributed by atoms with E-state index in [9.17, 15) is 0 Å². The second kappa shape index (κ2) is 3.71. The zero-order chi connectivity index (χ0) is 11.8. The Hall–Kier alpha value is -1.70. The van der Waals surface area contributed by atoms with Crippen molar-refractivity contribution < 1.29 is 0 Å². The molecular weight excluding hydrogens is 196 g/mol. The van der Waals surface area contributed by atoms with E-state index in [0.717, 1.165) is 5.70 Å². The highest BCUT2D eigenvalue weighted by molar-refractivity contribution is 5.41. The van der Waals surface area contributed by atoms with Crippen molar-refractivity contribution in [2.75, 3.05) is 0 Å². The third kappa shape index (κ3) is 1.51. The van der Waals surface area contributed by atoms with Crippen molar-refractivity contribution in [3.63, 3.8) is 0 Å². The van der Waals surface area contributed by atoms with Gasteiger partial charge in [-0.25, -0.2) is 0 Å². The lowest BCUT2D eigenvalue weighted by atomic mass is 9.69. The van der Waals surface area contributed by atoms with Crippen LogP contribution in [0.5, 0.6) is 0 Å². The summed E-state index contributed by atoms with van der Waals surface area (Å²) in [6.07, 6.45) is 4.07. The van der Waals surface area contributed by atoms with Gasteiger partial charge in [0.05, 0.1) is 5.70 Å². The predicted octanol–water partition coefficient (Wildman–Crippen LogP) is 2.28. The summed E-state index contributed by atoms with van der Waals surface area (Å²) in [6, 6.07) is 10.4. The summed E-state index contributed by atoms with van der Waals surface area (Å²) in [5.41, 5.74) is 14.6. The lowest BCUT2D eigenvalue weighted by Gasteiger charge is -2.37. The van der Waals surface area contributed by atoms with Crippen molar-refractivity contribution in [2.45, 2.75) is 19.3 Å². The van der Waals surface area contributed by atoms with Gasteiger partial charge in [-0.05, 0) is 11.6 Å². The summed E-state index contributed by atoms with van der Waals surface area (Å²) >= 11 is 0. The van der Waals surface area contributed by atoms with Gasteiger partial charge in [0.15, 0.2) is 0 Å². The van der Waals surface area contributed by atoms with Crippen molar-refractivity contribution >= 4 is 0 Å². The summed E-state index contributed by atoms with van der Waals surface area (Å²) < 4.78 is 0. The van der Waals surface area contributed by atoms with E-state index in [1.54, 1.807) is 0 Å². The molecule has 2 heteroatoms. The van der Waals surface area contributed by atoms with E-state index >= 15 is 0 Å². The molecule has 1 aromatic rings. The maximum Gasteiger partial charge on any atom is 0.0505 e. The number of hydrogen-bond acceptors (Lipinski definition) is 2. The van der Waals surface area contributed by atoms with Gasteiger partial charge < -0.3 is 11.5 Å². The van der Waals surface area contributed by atoms with Gasteiger partial charge in [-0.3, -0.25) is 0 Å². The molecule has 84 valence electrons. The van der Waals surface area contributed by atoms with Crippen molar-refractivity contribution in [1.82, 2.24) is 0 Å². The molecule has 0 radical (unpaired) electrons. The first-order valence-corrected chi connectivity index (χ1v) is 5.55. The van der Waals surface area contributed by atoms with E-state index in [2.05, 4.69) is 44.2 Å². The highest BCUT2D eigenvalue weighted by Gasteiger charge is 2.34. The molecule has 2 atom stereocenters. The fourth-order valence-corrected chi connectivity index (χ4v) is 2.22. The van der Waals surface area contributed by atoms with Gasteiger partial charge in [0.1, 0.15) is 0 Å². The molecule has 0 aromatic heterocycles. The van der Waals surface area contributed by atoms with Crippen LogP contribution in [0.1, 0.15) is 19.4 Å². The first kappa shape index (κ1) is 10.8. The highest BCUT2D eigenvalue weighted by atomic mass is 14.7. The van der Waals surface area contributed by atoms with Crippen molar-refractivity contribution in [2.24, 2.45) is 17.4 Å². The van der Waals surface area contributed by atoms with Gasteiger partial charge in [-0.1, -0.05) is 50.3 Å². The van der Waals surface area contributed by atoms with Crippen LogP contribution in [0, 0.1) is 5.92 Å². The molecule has 0 amide bonds. The zero-order valence-corrected chi connectivity index (χ0v) is 9.77. The average molecular weight is 214 g/mol. The molecule has 2 nitrogen and oxygen atoms in total. The summed E-state index contributed by atoms with van der Waals surface area (Å²) in [5.74, 6) is 0.222. The molecule has 2 unspecified atom stereocenters. The summed E-state index contributed by atoms with van der Waals surface area (Å²) in [7, 11) is 0. The predicted molar refractivity (Wildman–Crippen MR) is 67.5 cm³/mol. The summed E-state index contributed by atoms with van der Waals surface area (Å²) in [4.78, 5) is 0. The van der Waals surface area contributed by atoms with Crippen LogP contribution >= 0.6 is 0 Å². The molecule has 4 N–H and O–H groups in total. The molecule has 2 rings (SSSR count). The Labute approximate surface area is 96.6 Å². The molecule has 0 aliphatic heterocycles. The minimum absolute atomic E-state index is 0.0613. The Morgan fingerprint density at radius 3 is 2.38 bits per heavy atom. The zero-order valence-electron chi connectivity index (χ0n) is 9.77. The van der Waals surface area contributed by atoms with E-state index in [-0.39, 0.29) is 11.3 Å². The second-order valence-corrected chi connectivity index (χ2v) is 4.61. The van der Waals surface area contributed by atoms with Crippen molar-refractivity contribution in [1.29, 1.82) is 0 Å². The number of nitrogens with two attached hydrogens (primary N) is 2. The Morgan fingerprint density at radius 1 is 1.12 bits per heavy atom. The van der Waals surface area contributed by atoms with Crippen LogP contribution in [0.2, 0.25) is 0 Å². The molecule has 0 saturated heterocycles. The van der Waals surface area contributed by atoms with Crippen LogP contribution in [0.4, 0.5) is 0 Å². The van der Waals surface area contributed by atoms with Crippen LogP contribution < -0.4 is 11.5 Å². The largest absolute Gasteiger partial charge is 0.400 e. The smallest absolute Gasteiger partial charge is 0.0505 e. The topological polar surface area (TPSA) is 52.0 Å². The third-order valence-electron chi connectivity index (χ3n) is 3.70. The number of hydrogen-bond donors (Lipinski definition) is 2. The molecule has 0 spiro atoms. The first-order valence-electron chi connectivity index (χ1n) is 5.55. The van der Waals surface area contributed by atoms with Crippen LogP contribution in [0.15, 0.2) is 53.9 Å². The monoisotopic (exact) mass is 214 g/mol. The Balaban J connectivity index is 2.47. The van der Waals surface area contributed by atoms with Gasteiger partial charge in [0, 0.05) is 17.0 Å². The standard InChI is InChI=1S/C14H18N2/c1-10-13(16)12(15)8-9-14(10,2)11-6-4-3-5-7-11/h3-10H,15-16H2,1-2H3. The summed E-state index contributed by atoms with van der Waals surface area (Å²) in [6.45, 7) is 4.32. The highest BCUT2D eigenvalue weighted by Crippen LogP contribution is 2.39. The molecule has 0 fully saturated rings. The lowest BCUT2D eigenvalue weighted by molar-refractivity contribution is 0.428. The van der Waals surface area contributed by atoms with Crippen molar-refractivity contribution in [3.05, 3.63) is 59.4 Å². The van der Waals surface area contributed by atoms with E-state index in [1.165, 1.54) is 5.56 Å². The van der Waals surface area contributed by atoms with E-state index < -0.39 is 0 Å². The normalized spacial score (nSPS) is 29.5. The molecule has 0 bridgehead atoms. The second-order valence-electron chi connectivity index (χ2n) is 4.61. The quantitative estimate of drug-likeness (QED) is 0.753. The van der Waals surface area contributed by atoms with Crippen LogP contribution in [0.25, 0.3) is 0 Å². The van der Waals surface area contributed by atoms with Gasteiger partial charge in [-0.2, -0.15) is 0 Å². The van der Waals surface area contributed by atoms with E-state index in [4.69, 9.17) is 11.5 Å². The summed E-state index contributed by atoms with van der Waals surface area (Å²) in [5, 5.41) is 0. The lowest BCUT2D eigenvalue weighted by Crippen LogP contribution is -2.36. The van der Waals surface area contributed by atoms with E-state index in [0.29, 0.717) is 5.70 Å². The third-order valence-corrected chi connectivity index (χ3v) is 3.70. The fraction of sp³-hybridized carbons (Fsp3) is 0.286. The Kier molecular flexibility index (Phi) is 2.50. The number of allylic oxidation sites excluding steroid dienone is 3. The maximum atomic E-state index is 6.04. The fourth-order valence-electron chi connectivity index (χ4n) is 2.22. The van der Waals surface area contributed by atoms with Gasteiger partial charge in [0.25, 0.3) is 0 Å². The molecule has 0 saturated carbocycles. The number of rotatable bonds is 1. The number of benzene rings is 1. The molecule has 1 aliphatic rings. The molecular formula is C14H18N2. The molecule has 1 aromatic carbocycles. The van der Waals surface area contributed by atoms with Crippen molar-refractivity contribution in [3.8, 4) is 0 Å². The average Bonchev–Trinajstić information content (AvgIpc) is 2.33. The van der Waals surface area contributed by atoms with Gasteiger partial charge in [0.2, 0.25) is 0 Å². The first-order chi connectivity index (χ1) is 7.55. The van der Waals surface area contributed by atoms with Crippen LogP contribution in [0.3, 0.4) is 0 Å². The molecule has 0 heterocycles. The minimum Gasteiger partial charge on any atom is -0.400 e.